The average Bonchev–Trinajstić information content (AvgIpc) is 2.48. The molecule has 0 spiro atoms. The smallest absolute Gasteiger partial charge is 0.0874 e. The van der Waals surface area contributed by atoms with Gasteiger partial charge in [-0.1, -0.05) is 19.1 Å². The quantitative estimate of drug-likeness (QED) is 0.793. The summed E-state index contributed by atoms with van der Waals surface area (Å²) in [6, 6.07) is 0.367. The minimum atomic E-state index is 0.367. The maximum absolute atomic E-state index is 5.54. The first-order valence-corrected chi connectivity index (χ1v) is 5.22. The second-order valence-corrected chi connectivity index (χ2v) is 4.15. The lowest BCUT2D eigenvalue weighted by Gasteiger charge is -2.13. The molecule has 80 valence electrons. The van der Waals surface area contributed by atoms with E-state index < -0.39 is 0 Å². The molecule has 14 heavy (non-hydrogen) atoms. The highest BCUT2D eigenvalue weighted by atomic mass is 15.4. The summed E-state index contributed by atoms with van der Waals surface area (Å²) in [7, 11) is 0. The maximum atomic E-state index is 5.54. The summed E-state index contributed by atoms with van der Waals surface area (Å²) >= 11 is 0. The van der Waals surface area contributed by atoms with Crippen molar-refractivity contribution in [1.29, 1.82) is 0 Å². The first kappa shape index (κ1) is 11.2. The van der Waals surface area contributed by atoms with Crippen LogP contribution >= 0.6 is 0 Å². The van der Waals surface area contributed by atoms with Crippen molar-refractivity contribution < 1.29 is 0 Å². The first-order valence-electron chi connectivity index (χ1n) is 5.22. The maximum Gasteiger partial charge on any atom is 0.0874 e. The summed E-state index contributed by atoms with van der Waals surface area (Å²) in [6.45, 7) is 9.20. The van der Waals surface area contributed by atoms with Gasteiger partial charge >= 0.3 is 0 Å². The van der Waals surface area contributed by atoms with E-state index in [4.69, 9.17) is 5.73 Å². The molecule has 0 aromatic carbocycles. The molecule has 0 amide bonds. The lowest BCUT2D eigenvalue weighted by molar-refractivity contribution is 0.484. The van der Waals surface area contributed by atoms with Gasteiger partial charge in [0.2, 0.25) is 0 Å². The Bertz CT molecular complexity index is 288. The molecule has 0 unspecified atom stereocenters. The zero-order chi connectivity index (χ0) is 10.7. The summed E-state index contributed by atoms with van der Waals surface area (Å²) in [5, 5.41) is 8.35. The van der Waals surface area contributed by atoms with E-state index >= 15 is 0 Å². The van der Waals surface area contributed by atoms with Crippen LogP contribution in [0, 0.1) is 0 Å². The fourth-order valence-corrected chi connectivity index (χ4v) is 1.63. The third kappa shape index (κ3) is 2.12. The van der Waals surface area contributed by atoms with Gasteiger partial charge in [-0.25, -0.2) is 4.68 Å². The molecule has 4 nitrogen and oxygen atoms in total. The molecule has 1 aromatic rings. The largest absolute Gasteiger partial charge is 0.330 e. The molecule has 0 aliphatic heterocycles. The van der Waals surface area contributed by atoms with E-state index in [9.17, 15) is 0 Å². The molecule has 0 fully saturated rings. The van der Waals surface area contributed by atoms with Crippen LogP contribution in [0.4, 0.5) is 0 Å². The van der Waals surface area contributed by atoms with Crippen LogP contribution in [0.3, 0.4) is 0 Å². The number of hydrogen-bond acceptors (Lipinski definition) is 3. The molecule has 2 N–H and O–H groups in total. The molecule has 0 aliphatic rings. The number of aromatic nitrogens is 3. The van der Waals surface area contributed by atoms with Crippen molar-refractivity contribution in [2.24, 2.45) is 5.73 Å². The van der Waals surface area contributed by atoms with E-state index in [0.717, 1.165) is 12.1 Å². The van der Waals surface area contributed by atoms with Gasteiger partial charge in [-0.3, -0.25) is 0 Å². The molecule has 0 atom stereocenters. The molecule has 1 heterocycles. The summed E-state index contributed by atoms with van der Waals surface area (Å²) in [5.74, 6) is 0.453. The van der Waals surface area contributed by atoms with Gasteiger partial charge in [-0.05, 0) is 26.3 Å². The highest BCUT2D eigenvalue weighted by Crippen LogP contribution is 2.20. The second kappa shape index (κ2) is 4.55. The molecule has 1 rings (SSSR count). The molecular weight excluding hydrogens is 176 g/mol. The van der Waals surface area contributed by atoms with Crippen molar-refractivity contribution in [3.8, 4) is 0 Å². The fraction of sp³-hybridized carbons (Fsp3) is 0.800. The Morgan fingerprint density at radius 2 is 1.93 bits per heavy atom. The summed E-state index contributed by atoms with van der Waals surface area (Å²) in [6.07, 6.45) is 0.820. The molecule has 0 saturated carbocycles. The Morgan fingerprint density at radius 3 is 2.36 bits per heavy atom. The highest BCUT2D eigenvalue weighted by molar-refractivity contribution is 5.15. The molecule has 0 bridgehead atoms. The summed E-state index contributed by atoms with van der Waals surface area (Å²) in [5.41, 5.74) is 7.82. The van der Waals surface area contributed by atoms with Gasteiger partial charge in [-0.15, -0.1) is 5.10 Å². The Morgan fingerprint density at radius 1 is 1.29 bits per heavy atom. The molecule has 0 saturated heterocycles. The minimum absolute atomic E-state index is 0.367. The predicted octanol–water partition coefficient (Wildman–Crippen LogP) is 1.48. The Labute approximate surface area is 85.5 Å². The van der Waals surface area contributed by atoms with Crippen LogP contribution in [0.5, 0.6) is 0 Å². The third-order valence-electron chi connectivity index (χ3n) is 2.22. The first-order chi connectivity index (χ1) is 6.57. The monoisotopic (exact) mass is 196 g/mol. The van der Waals surface area contributed by atoms with E-state index in [-0.39, 0.29) is 0 Å². The van der Waals surface area contributed by atoms with Crippen molar-refractivity contribution in [2.45, 2.75) is 46.1 Å². The molecular formula is C10H20N4. The second-order valence-electron chi connectivity index (χ2n) is 4.15. The van der Waals surface area contributed by atoms with Gasteiger partial charge in [0.05, 0.1) is 11.4 Å². The Hall–Kier alpha value is -0.900. The number of rotatable bonds is 4. The summed E-state index contributed by atoms with van der Waals surface area (Å²) < 4.78 is 2.00. The minimum Gasteiger partial charge on any atom is -0.330 e. The normalized spacial score (nSPS) is 11.6. The number of nitrogens with zero attached hydrogens (tertiary/aromatic N) is 3. The van der Waals surface area contributed by atoms with Gasteiger partial charge < -0.3 is 5.73 Å². The van der Waals surface area contributed by atoms with Crippen molar-refractivity contribution in [3.05, 3.63) is 11.4 Å². The number of hydrogen-bond donors (Lipinski definition) is 1. The van der Waals surface area contributed by atoms with E-state index in [1.54, 1.807) is 0 Å². The Balaban J connectivity index is 3.07. The summed E-state index contributed by atoms with van der Waals surface area (Å²) in [4.78, 5) is 0. The topological polar surface area (TPSA) is 56.7 Å². The zero-order valence-corrected chi connectivity index (χ0v) is 9.49. The van der Waals surface area contributed by atoms with E-state index in [1.807, 2.05) is 4.68 Å². The van der Waals surface area contributed by atoms with Gasteiger partial charge in [0, 0.05) is 12.5 Å². The molecule has 4 heteroatoms. The average molecular weight is 196 g/mol. The van der Waals surface area contributed by atoms with Crippen molar-refractivity contribution in [1.82, 2.24) is 15.0 Å². The van der Waals surface area contributed by atoms with E-state index in [0.29, 0.717) is 18.5 Å². The van der Waals surface area contributed by atoms with Crippen LogP contribution in [0.1, 0.15) is 51.0 Å². The van der Waals surface area contributed by atoms with Gasteiger partial charge in [0.15, 0.2) is 0 Å². The fourth-order valence-electron chi connectivity index (χ4n) is 1.63. The van der Waals surface area contributed by atoms with Crippen LogP contribution in [0.2, 0.25) is 0 Å². The van der Waals surface area contributed by atoms with Crippen molar-refractivity contribution in [3.63, 3.8) is 0 Å². The van der Waals surface area contributed by atoms with Crippen LogP contribution in [0.25, 0.3) is 0 Å². The zero-order valence-electron chi connectivity index (χ0n) is 9.49. The number of nitrogens with two attached hydrogens (primary N) is 1. The lowest BCUT2D eigenvalue weighted by Crippen LogP contribution is -2.11. The molecule has 0 aliphatic carbocycles. The highest BCUT2D eigenvalue weighted by Gasteiger charge is 2.16. The van der Waals surface area contributed by atoms with Crippen LogP contribution in [-0.2, 0) is 6.42 Å². The molecule has 0 radical (unpaired) electrons. The van der Waals surface area contributed by atoms with Crippen LogP contribution < -0.4 is 5.73 Å². The Kier molecular flexibility index (Phi) is 3.63. The van der Waals surface area contributed by atoms with E-state index in [2.05, 4.69) is 38.0 Å². The van der Waals surface area contributed by atoms with Gasteiger partial charge in [0.1, 0.15) is 0 Å². The van der Waals surface area contributed by atoms with Crippen molar-refractivity contribution >= 4 is 0 Å². The molecule has 1 aromatic heterocycles. The van der Waals surface area contributed by atoms with Crippen LogP contribution in [-0.4, -0.2) is 21.5 Å². The lowest BCUT2D eigenvalue weighted by atomic mass is 10.1. The van der Waals surface area contributed by atoms with Crippen LogP contribution in [0.15, 0.2) is 0 Å². The SMILES string of the molecule is CC(C)c1c(CCN)nnn1C(C)C. The van der Waals surface area contributed by atoms with Gasteiger partial charge in [-0.2, -0.15) is 0 Å². The van der Waals surface area contributed by atoms with E-state index in [1.165, 1.54) is 5.69 Å². The van der Waals surface area contributed by atoms with Crippen molar-refractivity contribution in [2.75, 3.05) is 6.54 Å². The standard InChI is InChI=1S/C10H20N4/c1-7(2)10-9(5-6-11)12-13-14(10)8(3)4/h7-8H,5-6,11H2,1-4H3. The predicted molar refractivity (Wildman–Crippen MR) is 57.3 cm³/mol. The van der Waals surface area contributed by atoms with Gasteiger partial charge in [0.25, 0.3) is 0 Å². The third-order valence-corrected chi connectivity index (χ3v) is 2.22.